The number of hydrogen-bond acceptors (Lipinski definition) is 3. The molecule has 17 heavy (non-hydrogen) atoms. The largest absolute Gasteiger partial charge is 0.497 e. The van der Waals surface area contributed by atoms with Gasteiger partial charge in [0.1, 0.15) is 5.75 Å². The minimum atomic E-state index is 0.351. The molecule has 1 heterocycles. The van der Waals surface area contributed by atoms with E-state index in [1.807, 2.05) is 23.9 Å². The first-order chi connectivity index (χ1) is 8.29. The third kappa shape index (κ3) is 3.65. The Bertz CT molecular complexity index is 333. The van der Waals surface area contributed by atoms with Crippen molar-refractivity contribution in [2.45, 2.75) is 37.0 Å². The lowest BCUT2D eigenvalue weighted by molar-refractivity contribution is 0.414. The monoisotopic (exact) mass is 251 g/mol. The first kappa shape index (κ1) is 12.8. The van der Waals surface area contributed by atoms with Gasteiger partial charge in [0.2, 0.25) is 0 Å². The zero-order valence-corrected chi connectivity index (χ0v) is 11.2. The fourth-order valence-corrected chi connectivity index (χ4v) is 3.60. The van der Waals surface area contributed by atoms with Gasteiger partial charge in [0, 0.05) is 11.3 Å². The molecular weight excluding hydrogens is 230 g/mol. The summed E-state index contributed by atoms with van der Waals surface area (Å²) in [6, 6.07) is 8.65. The molecule has 2 rings (SSSR count). The lowest BCUT2D eigenvalue weighted by atomic mass is 10.0. The van der Waals surface area contributed by atoms with E-state index in [-0.39, 0.29) is 0 Å². The molecule has 0 aromatic heterocycles. The van der Waals surface area contributed by atoms with Crippen molar-refractivity contribution in [1.29, 1.82) is 0 Å². The molecular formula is C14H21NOS. The van der Waals surface area contributed by atoms with Gasteiger partial charge in [-0.05, 0) is 49.1 Å². The van der Waals surface area contributed by atoms with Crippen molar-refractivity contribution in [2.75, 3.05) is 12.9 Å². The fourth-order valence-electron chi connectivity index (χ4n) is 2.25. The molecule has 1 aliphatic heterocycles. The first-order valence-electron chi connectivity index (χ1n) is 6.29. The maximum atomic E-state index is 6.24. The van der Waals surface area contributed by atoms with Crippen molar-refractivity contribution in [3.8, 4) is 5.75 Å². The van der Waals surface area contributed by atoms with Crippen molar-refractivity contribution in [3.63, 3.8) is 0 Å². The number of benzene rings is 1. The number of thioether (sulfide) groups is 1. The highest BCUT2D eigenvalue weighted by molar-refractivity contribution is 8.00. The third-order valence-electron chi connectivity index (χ3n) is 3.37. The van der Waals surface area contributed by atoms with Crippen LogP contribution in [0.25, 0.3) is 0 Å². The highest BCUT2D eigenvalue weighted by Crippen LogP contribution is 2.29. The standard InChI is InChI=1S/C14H21NOS/c1-16-12-7-4-11(5-8-12)6-9-13(15)14-3-2-10-17-14/h4-5,7-8,13-14H,2-3,6,9-10,15H2,1H3. The van der Waals surface area contributed by atoms with E-state index in [0.717, 1.165) is 18.6 Å². The molecule has 2 N–H and O–H groups in total. The van der Waals surface area contributed by atoms with Crippen molar-refractivity contribution in [1.82, 2.24) is 0 Å². The van der Waals surface area contributed by atoms with E-state index in [2.05, 4.69) is 12.1 Å². The Hall–Kier alpha value is -0.670. The van der Waals surface area contributed by atoms with E-state index < -0.39 is 0 Å². The predicted octanol–water partition coefficient (Wildman–Crippen LogP) is 2.85. The van der Waals surface area contributed by atoms with Gasteiger partial charge in [-0.1, -0.05) is 12.1 Å². The SMILES string of the molecule is COc1ccc(CCC(N)C2CCCS2)cc1. The predicted molar refractivity (Wildman–Crippen MR) is 74.8 cm³/mol. The first-order valence-corrected chi connectivity index (χ1v) is 7.34. The average molecular weight is 251 g/mol. The summed E-state index contributed by atoms with van der Waals surface area (Å²) in [6.45, 7) is 0. The summed E-state index contributed by atoms with van der Waals surface area (Å²) in [5.41, 5.74) is 7.59. The van der Waals surface area contributed by atoms with Crippen molar-refractivity contribution >= 4 is 11.8 Å². The van der Waals surface area contributed by atoms with Crippen LogP contribution in [0.2, 0.25) is 0 Å². The molecule has 2 unspecified atom stereocenters. The van der Waals surface area contributed by atoms with Gasteiger partial charge in [0.15, 0.2) is 0 Å². The maximum absolute atomic E-state index is 6.24. The van der Waals surface area contributed by atoms with Crippen LogP contribution in [0.1, 0.15) is 24.8 Å². The molecule has 0 bridgehead atoms. The van der Waals surface area contributed by atoms with Gasteiger partial charge in [0.05, 0.1) is 7.11 Å². The van der Waals surface area contributed by atoms with Gasteiger partial charge >= 0.3 is 0 Å². The van der Waals surface area contributed by atoms with Crippen LogP contribution < -0.4 is 10.5 Å². The van der Waals surface area contributed by atoms with Gasteiger partial charge < -0.3 is 10.5 Å². The topological polar surface area (TPSA) is 35.2 Å². The van der Waals surface area contributed by atoms with Crippen LogP contribution in [0.5, 0.6) is 5.75 Å². The Morgan fingerprint density at radius 1 is 1.41 bits per heavy atom. The van der Waals surface area contributed by atoms with Crippen molar-refractivity contribution in [3.05, 3.63) is 29.8 Å². The normalized spacial score (nSPS) is 21.4. The smallest absolute Gasteiger partial charge is 0.118 e. The molecule has 1 aliphatic rings. The number of rotatable bonds is 5. The quantitative estimate of drug-likeness (QED) is 0.874. The van der Waals surface area contributed by atoms with Crippen LogP contribution in [0.4, 0.5) is 0 Å². The molecule has 0 spiro atoms. The van der Waals surface area contributed by atoms with E-state index in [9.17, 15) is 0 Å². The van der Waals surface area contributed by atoms with E-state index in [1.165, 1.54) is 24.2 Å². The summed E-state index contributed by atoms with van der Waals surface area (Å²) in [6.07, 6.45) is 4.80. The van der Waals surface area contributed by atoms with Crippen LogP contribution in [0.3, 0.4) is 0 Å². The van der Waals surface area contributed by atoms with Crippen LogP contribution in [-0.4, -0.2) is 24.2 Å². The Balaban J connectivity index is 1.80. The molecule has 2 nitrogen and oxygen atoms in total. The van der Waals surface area contributed by atoms with Gasteiger partial charge in [-0.2, -0.15) is 11.8 Å². The molecule has 1 aromatic rings. The lowest BCUT2D eigenvalue weighted by Crippen LogP contribution is -2.31. The fraction of sp³-hybridized carbons (Fsp3) is 0.571. The molecule has 0 saturated carbocycles. The number of aryl methyl sites for hydroxylation is 1. The Labute approximate surface area is 108 Å². The molecule has 3 heteroatoms. The molecule has 0 radical (unpaired) electrons. The van der Waals surface area contributed by atoms with Gasteiger partial charge in [-0.3, -0.25) is 0 Å². The second kappa shape index (κ2) is 6.31. The van der Waals surface area contributed by atoms with Crippen LogP contribution in [-0.2, 0) is 6.42 Å². The molecule has 2 atom stereocenters. The number of ether oxygens (including phenoxy) is 1. The average Bonchev–Trinajstić information content (AvgIpc) is 2.90. The number of methoxy groups -OCH3 is 1. The Morgan fingerprint density at radius 2 is 2.18 bits per heavy atom. The third-order valence-corrected chi connectivity index (χ3v) is 4.91. The zero-order chi connectivity index (χ0) is 12.1. The van der Waals surface area contributed by atoms with Crippen LogP contribution in [0.15, 0.2) is 24.3 Å². The number of nitrogens with two attached hydrogens (primary N) is 1. The van der Waals surface area contributed by atoms with Gasteiger partial charge in [-0.25, -0.2) is 0 Å². The summed E-state index contributed by atoms with van der Waals surface area (Å²) in [4.78, 5) is 0. The van der Waals surface area contributed by atoms with E-state index in [0.29, 0.717) is 11.3 Å². The summed E-state index contributed by atoms with van der Waals surface area (Å²) >= 11 is 2.05. The highest BCUT2D eigenvalue weighted by atomic mass is 32.2. The minimum Gasteiger partial charge on any atom is -0.497 e. The minimum absolute atomic E-state index is 0.351. The van der Waals surface area contributed by atoms with Gasteiger partial charge in [0.25, 0.3) is 0 Å². The second-order valence-corrected chi connectivity index (χ2v) is 5.95. The summed E-state index contributed by atoms with van der Waals surface area (Å²) in [5.74, 6) is 2.21. The van der Waals surface area contributed by atoms with E-state index in [1.54, 1.807) is 7.11 Å². The molecule has 1 fully saturated rings. The maximum Gasteiger partial charge on any atom is 0.118 e. The van der Waals surface area contributed by atoms with Gasteiger partial charge in [-0.15, -0.1) is 0 Å². The Kier molecular flexibility index (Phi) is 4.75. The zero-order valence-electron chi connectivity index (χ0n) is 10.4. The Morgan fingerprint density at radius 3 is 2.76 bits per heavy atom. The summed E-state index contributed by atoms with van der Waals surface area (Å²) in [7, 11) is 1.70. The van der Waals surface area contributed by atoms with Crippen LogP contribution >= 0.6 is 11.8 Å². The summed E-state index contributed by atoms with van der Waals surface area (Å²) < 4.78 is 5.15. The molecule has 0 amide bonds. The molecule has 94 valence electrons. The van der Waals surface area contributed by atoms with E-state index in [4.69, 9.17) is 10.5 Å². The van der Waals surface area contributed by atoms with E-state index >= 15 is 0 Å². The number of hydrogen-bond donors (Lipinski definition) is 1. The lowest BCUT2D eigenvalue weighted by Gasteiger charge is -2.17. The van der Waals surface area contributed by atoms with Crippen molar-refractivity contribution in [2.24, 2.45) is 5.73 Å². The molecule has 0 aliphatic carbocycles. The molecule has 1 saturated heterocycles. The van der Waals surface area contributed by atoms with Crippen LogP contribution in [0, 0.1) is 0 Å². The highest BCUT2D eigenvalue weighted by Gasteiger charge is 2.22. The summed E-state index contributed by atoms with van der Waals surface area (Å²) in [5, 5.41) is 0.688. The van der Waals surface area contributed by atoms with Crippen molar-refractivity contribution < 1.29 is 4.74 Å². The second-order valence-electron chi connectivity index (χ2n) is 4.60. The molecule has 1 aromatic carbocycles.